The fourth-order valence-electron chi connectivity index (χ4n) is 2.69. The Kier molecular flexibility index (Phi) is 5.10. The van der Waals surface area contributed by atoms with Crippen LogP contribution in [0.3, 0.4) is 0 Å². The maximum Gasteiger partial charge on any atom is 0.321 e. The molecular formula is C17H20N4O2S. The van der Waals surface area contributed by atoms with E-state index in [1.54, 1.807) is 0 Å². The van der Waals surface area contributed by atoms with Crippen molar-refractivity contribution in [3.05, 3.63) is 47.0 Å². The van der Waals surface area contributed by atoms with Gasteiger partial charge in [0.05, 0.1) is 5.69 Å². The fraction of sp³-hybridized carbons (Fsp3) is 0.353. The highest BCUT2D eigenvalue weighted by Gasteiger charge is 2.30. The van der Waals surface area contributed by atoms with Gasteiger partial charge in [0.15, 0.2) is 5.13 Å². The van der Waals surface area contributed by atoms with E-state index >= 15 is 0 Å². The molecule has 3 rings (SSSR count). The van der Waals surface area contributed by atoms with Gasteiger partial charge in [-0.3, -0.25) is 10.1 Å². The second-order valence-electron chi connectivity index (χ2n) is 5.94. The van der Waals surface area contributed by atoms with Crippen molar-refractivity contribution in [3.63, 3.8) is 0 Å². The predicted molar refractivity (Wildman–Crippen MR) is 94.1 cm³/mol. The van der Waals surface area contributed by atoms with Gasteiger partial charge in [-0.1, -0.05) is 37.3 Å². The van der Waals surface area contributed by atoms with Crippen LogP contribution in [0.4, 0.5) is 9.93 Å². The molecule has 24 heavy (non-hydrogen) atoms. The average Bonchev–Trinajstić information content (AvgIpc) is 2.99. The zero-order valence-electron chi connectivity index (χ0n) is 13.4. The van der Waals surface area contributed by atoms with Crippen molar-refractivity contribution < 1.29 is 9.59 Å². The molecule has 1 aliphatic rings. The number of amides is 3. The molecule has 6 nitrogen and oxygen atoms in total. The monoisotopic (exact) mass is 344 g/mol. The van der Waals surface area contributed by atoms with Crippen LogP contribution in [0.5, 0.6) is 0 Å². The van der Waals surface area contributed by atoms with Crippen molar-refractivity contribution in [2.75, 3.05) is 11.9 Å². The first-order valence-corrected chi connectivity index (χ1v) is 8.83. The van der Waals surface area contributed by atoms with E-state index in [2.05, 4.69) is 20.9 Å². The van der Waals surface area contributed by atoms with Gasteiger partial charge in [0, 0.05) is 18.3 Å². The molecule has 7 heteroatoms. The zero-order chi connectivity index (χ0) is 16.9. The average molecular weight is 344 g/mol. The molecule has 3 amide bonds. The highest BCUT2D eigenvalue weighted by Crippen LogP contribution is 2.18. The molecule has 3 N–H and O–H groups in total. The molecule has 126 valence electrons. The summed E-state index contributed by atoms with van der Waals surface area (Å²) in [5, 5.41) is 10.7. The molecule has 1 aromatic heterocycles. The van der Waals surface area contributed by atoms with Gasteiger partial charge in [-0.25, -0.2) is 9.78 Å². The van der Waals surface area contributed by atoms with Crippen LogP contribution >= 0.6 is 11.3 Å². The Hall–Kier alpha value is -2.41. The molecule has 1 saturated heterocycles. The summed E-state index contributed by atoms with van der Waals surface area (Å²) in [6, 6.07) is 9.15. The van der Waals surface area contributed by atoms with Gasteiger partial charge in [-0.15, -0.1) is 11.3 Å². The Morgan fingerprint density at radius 2 is 2.17 bits per heavy atom. The number of nitrogens with one attached hydrogen (secondary N) is 3. The second-order valence-corrected chi connectivity index (χ2v) is 6.80. The summed E-state index contributed by atoms with van der Waals surface area (Å²) < 4.78 is 0. The van der Waals surface area contributed by atoms with Crippen molar-refractivity contribution in [2.24, 2.45) is 5.92 Å². The van der Waals surface area contributed by atoms with Crippen LogP contribution in [0.15, 0.2) is 35.7 Å². The van der Waals surface area contributed by atoms with Crippen LogP contribution in [0.25, 0.3) is 0 Å². The molecule has 2 heterocycles. The summed E-state index contributed by atoms with van der Waals surface area (Å²) in [6.07, 6.45) is 1.58. The lowest BCUT2D eigenvalue weighted by Crippen LogP contribution is -2.55. The standard InChI is InChI=1S/C17H20N4O2S/c1-11-7-8-18-15(22)14(11)20-16(23)21-17-19-13(10-24-17)9-12-5-3-2-4-6-12/h2-6,10-11,14H,7-9H2,1H3,(H,18,22)(H2,19,20,21,23). The number of hydrogen-bond donors (Lipinski definition) is 3. The maximum absolute atomic E-state index is 12.1. The van der Waals surface area contributed by atoms with Gasteiger partial charge in [0.1, 0.15) is 6.04 Å². The van der Waals surface area contributed by atoms with Gasteiger partial charge in [0.2, 0.25) is 5.91 Å². The summed E-state index contributed by atoms with van der Waals surface area (Å²) >= 11 is 1.38. The smallest absolute Gasteiger partial charge is 0.321 e. The van der Waals surface area contributed by atoms with Crippen LogP contribution in [0, 0.1) is 5.92 Å². The van der Waals surface area contributed by atoms with Crippen LogP contribution < -0.4 is 16.0 Å². The van der Waals surface area contributed by atoms with E-state index in [1.807, 2.05) is 42.6 Å². The molecule has 1 fully saturated rings. The number of nitrogens with zero attached hydrogens (tertiary/aromatic N) is 1. The topological polar surface area (TPSA) is 83.1 Å². The third-order valence-electron chi connectivity index (χ3n) is 4.04. The lowest BCUT2D eigenvalue weighted by atomic mass is 9.94. The number of piperidine rings is 1. The Morgan fingerprint density at radius 3 is 2.92 bits per heavy atom. The summed E-state index contributed by atoms with van der Waals surface area (Å²) in [5.41, 5.74) is 2.08. The number of aromatic nitrogens is 1. The molecule has 2 atom stereocenters. The van der Waals surface area contributed by atoms with E-state index in [0.29, 0.717) is 11.7 Å². The molecule has 0 radical (unpaired) electrons. The number of thiazole rings is 1. The highest BCUT2D eigenvalue weighted by molar-refractivity contribution is 7.13. The summed E-state index contributed by atoms with van der Waals surface area (Å²) in [7, 11) is 0. The first-order chi connectivity index (χ1) is 11.6. The molecule has 0 aliphatic carbocycles. The van der Waals surface area contributed by atoms with Gasteiger partial charge < -0.3 is 10.6 Å². The summed E-state index contributed by atoms with van der Waals surface area (Å²) in [5.74, 6) is -0.0118. The van der Waals surface area contributed by atoms with E-state index in [-0.39, 0.29) is 11.8 Å². The fourth-order valence-corrected chi connectivity index (χ4v) is 3.40. The lowest BCUT2D eigenvalue weighted by molar-refractivity contribution is -0.125. The van der Waals surface area contributed by atoms with Crippen LogP contribution in [0.1, 0.15) is 24.6 Å². The molecule has 2 unspecified atom stereocenters. The third kappa shape index (κ3) is 4.11. The van der Waals surface area contributed by atoms with Crippen LogP contribution in [-0.4, -0.2) is 29.5 Å². The minimum Gasteiger partial charge on any atom is -0.354 e. The number of hydrogen-bond acceptors (Lipinski definition) is 4. The van der Waals surface area contributed by atoms with Crippen LogP contribution in [0.2, 0.25) is 0 Å². The molecule has 0 spiro atoms. The van der Waals surface area contributed by atoms with Crippen molar-refractivity contribution in [2.45, 2.75) is 25.8 Å². The van der Waals surface area contributed by atoms with E-state index in [1.165, 1.54) is 16.9 Å². The zero-order valence-corrected chi connectivity index (χ0v) is 14.2. The predicted octanol–water partition coefficient (Wildman–Crippen LogP) is 2.38. The third-order valence-corrected chi connectivity index (χ3v) is 4.84. The number of benzene rings is 1. The maximum atomic E-state index is 12.1. The Labute approximate surface area is 144 Å². The van der Waals surface area contributed by atoms with Crippen LogP contribution in [-0.2, 0) is 11.2 Å². The first kappa shape index (κ1) is 16.4. The second kappa shape index (κ2) is 7.44. The van der Waals surface area contributed by atoms with Gasteiger partial charge in [0.25, 0.3) is 0 Å². The molecule has 2 aromatic rings. The largest absolute Gasteiger partial charge is 0.354 e. The van der Waals surface area contributed by atoms with Crippen molar-refractivity contribution in [1.82, 2.24) is 15.6 Å². The van der Waals surface area contributed by atoms with E-state index in [9.17, 15) is 9.59 Å². The van der Waals surface area contributed by atoms with Gasteiger partial charge in [-0.2, -0.15) is 0 Å². The quantitative estimate of drug-likeness (QED) is 0.796. The van der Waals surface area contributed by atoms with Gasteiger partial charge in [-0.05, 0) is 17.9 Å². The SMILES string of the molecule is CC1CCNC(=O)C1NC(=O)Nc1nc(Cc2ccccc2)cs1. The first-order valence-electron chi connectivity index (χ1n) is 7.95. The van der Waals surface area contributed by atoms with E-state index < -0.39 is 12.1 Å². The summed E-state index contributed by atoms with van der Waals surface area (Å²) in [4.78, 5) is 28.4. The van der Waals surface area contributed by atoms with Crippen molar-refractivity contribution in [1.29, 1.82) is 0 Å². The lowest BCUT2D eigenvalue weighted by Gasteiger charge is -2.28. The Morgan fingerprint density at radius 1 is 1.38 bits per heavy atom. The van der Waals surface area contributed by atoms with Crippen molar-refractivity contribution >= 4 is 28.4 Å². The number of carbonyl (C=O) groups excluding carboxylic acids is 2. The molecule has 1 aliphatic heterocycles. The van der Waals surface area contributed by atoms with Gasteiger partial charge >= 0.3 is 6.03 Å². The number of rotatable bonds is 4. The number of anilines is 1. The minimum absolute atomic E-state index is 0.120. The molecule has 0 saturated carbocycles. The Balaban J connectivity index is 1.56. The molecule has 1 aromatic carbocycles. The molecule has 0 bridgehead atoms. The Bertz CT molecular complexity index is 716. The number of carbonyl (C=O) groups is 2. The normalized spacial score (nSPS) is 20.3. The number of urea groups is 1. The van der Waals surface area contributed by atoms with E-state index in [0.717, 1.165) is 18.5 Å². The molecular weight excluding hydrogens is 324 g/mol. The van der Waals surface area contributed by atoms with E-state index in [4.69, 9.17) is 0 Å². The summed E-state index contributed by atoms with van der Waals surface area (Å²) in [6.45, 7) is 2.63. The highest BCUT2D eigenvalue weighted by atomic mass is 32.1. The van der Waals surface area contributed by atoms with Crippen molar-refractivity contribution in [3.8, 4) is 0 Å². The minimum atomic E-state index is -0.498.